The number of rotatable bonds is 10. The Hall–Kier alpha value is -2.69. The third-order valence-corrected chi connectivity index (χ3v) is 6.75. The Morgan fingerprint density at radius 3 is 1.88 bits per heavy atom. The van der Waals surface area contributed by atoms with Crippen molar-refractivity contribution in [2.45, 2.75) is 74.6 Å². The maximum atomic E-state index is 12.8. The molecule has 220 valence electrons. The summed E-state index contributed by atoms with van der Waals surface area (Å²) in [7, 11) is 0. The number of carbonyl (C=O) groups excluding carboxylic acids is 1. The van der Waals surface area contributed by atoms with Gasteiger partial charge in [0.25, 0.3) is 0 Å². The Balaban J connectivity index is 1.56. The molecular weight excluding hydrogens is 530 g/mol. The minimum Gasteiger partial charge on any atom is -0.445 e. The molecule has 0 aromatic heterocycles. The van der Waals surface area contributed by atoms with Crippen LogP contribution in [0, 0.1) is 0 Å². The normalized spacial score (nSPS) is 34.2. The highest BCUT2D eigenvalue weighted by Crippen LogP contribution is 2.30. The molecule has 2 saturated heterocycles. The number of amides is 1. The summed E-state index contributed by atoms with van der Waals surface area (Å²) in [5, 5.41) is 63.8. The molecule has 0 aliphatic carbocycles. The van der Waals surface area contributed by atoms with Gasteiger partial charge in [0, 0.05) is 0 Å². The van der Waals surface area contributed by atoms with E-state index in [-0.39, 0.29) is 13.2 Å². The molecule has 7 N–H and O–H groups in total. The molecule has 40 heavy (non-hydrogen) atoms. The van der Waals surface area contributed by atoms with Gasteiger partial charge in [0.15, 0.2) is 12.6 Å². The lowest BCUT2D eigenvalue weighted by atomic mass is 9.95. The van der Waals surface area contributed by atoms with Crippen molar-refractivity contribution in [1.29, 1.82) is 0 Å². The number of hydrogen-bond acceptors (Lipinski definition) is 12. The molecule has 10 atom stereocenters. The molecule has 13 heteroatoms. The second-order valence-electron chi connectivity index (χ2n) is 9.54. The highest BCUT2D eigenvalue weighted by molar-refractivity contribution is 5.67. The lowest BCUT2D eigenvalue weighted by molar-refractivity contribution is -0.345. The van der Waals surface area contributed by atoms with Crippen LogP contribution in [-0.4, -0.2) is 111 Å². The fourth-order valence-electron chi connectivity index (χ4n) is 4.51. The molecule has 2 aromatic rings. The zero-order chi connectivity index (χ0) is 28.6. The first-order chi connectivity index (χ1) is 19.3. The Bertz CT molecular complexity index is 1040. The van der Waals surface area contributed by atoms with E-state index in [1.807, 2.05) is 24.3 Å². The third-order valence-electron chi connectivity index (χ3n) is 6.75. The van der Waals surface area contributed by atoms with Crippen molar-refractivity contribution in [3.63, 3.8) is 0 Å². The summed E-state index contributed by atoms with van der Waals surface area (Å²) in [4.78, 5) is 12.8. The van der Waals surface area contributed by atoms with Gasteiger partial charge in [0.1, 0.15) is 55.4 Å². The Morgan fingerprint density at radius 1 is 0.725 bits per heavy atom. The molecule has 2 fully saturated rings. The van der Waals surface area contributed by atoms with Crippen LogP contribution in [0.5, 0.6) is 0 Å². The minimum atomic E-state index is -1.78. The molecule has 2 aliphatic rings. The molecule has 4 rings (SSSR count). The largest absolute Gasteiger partial charge is 0.445 e. The lowest BCUT2D eigenvalue weighted by Crippen LogP contribution is -2.68. The first-order valence-corrected chi connectivity index (χ1v) is 12.9. The lowest BCUT2D eigenvalue weighted by Gasteiger charge is -2.47. The summed E-state index contributed by atoms with van der Waals surface area (Å²) >= 11 is 0. The van der Waals surface area contributed by atoms with Gasteiger partial charge >= 0.3 is 6.09 Å². The van der Waals surface area contributed by atoms with Crippen LogP contribution >= 0.6 is 0 Å². The predicted molar refractivity (Wildman–Crippen MR) is 135 cm³/mol. The van der Waals surface area contributed by atoms with Crippen LogP contribution in [0.1, 0.15) is 11.1 Å². The quantitative estimate of drug-likeness (QED) is 0.181. The van der Waals surface area contributed by atoms with Gasteiger partial charge in [-0.15, -0.1) is 0 Å². The number of benzene rings is 2. The maximum absolute atomic E-state index is 12.8. The van der Waals surface area contributed by atoms with E-state index in [0.29, 0.717) is 0 Å². The third kappa shape index (κ3) is 7.33. The summed E-state index contributed by atoms with van der Waals surface area (Å²) in [6, 6.07) is 16.7. The SMILES string of the molecule is O=C(NC1[C@@H](OCc2ccccc2)OC(CO)[C@@H](O)[C@@H]1O[C@@H]1OC(CO)[C@H](O)[C@H](O)C1O)OCc1ccccc1. The van der Waals surface area contributed by atoms with Crippen LogP contribution < -0.4 is 5.32 Å². The second kappa shape index (κ2) is 14.3. The molecule has 0 radical (unpaired) electrons. The molecule has 13 nitrogen and oxygen atoms in total. The summed E-state index contributed by atoms with van der Waals surface area (Å²) in [6.45, 7) is -1.37. The van der Waals surface area contributed by atoms with Crippen molar-refractivity contribution in [1.82, 2.24) is 5.32 Å². The molecule has 0 saturated carbocycles. The average Bonchev–Trinajstić information content (AvgIpc) is 2.98. The van der Waals surface area contributed by atoms with Gasteiger partial charge in [-0.25, -0.2) is 4.79 Å². The topological polar surface area (TPSA) is 197 Å². The molecule has 0 spiro atoms. The summed E-state index contributed by atoms with van der Waals surface area (Å²) in [5.41, 5.74) is 1.50. The highest BCUT2D eigenvalue weighted by Gasteiger charge is 2.51. The van der Waals surface area contributed by atoms with Crippen LogP contribution in [0.3, 0.4) is 0 Å². The zero-order valence-electron chi connectivity index (χ0n) is 21.5. The van der Waals surface area contributed by atoms with Crippen LogP contribution in [0.4, 0.5) is 4.79 Å². The fourth-order valence-corrected chi connectivity index (χ4v) is 4.51. The van der Waals surface area contributed by atoms with Crippen LogP contribution in [-0.2, 0) is 36.9 Å². The van der Waals surface area contributed by atoms with Crippen LogP contribution in [0.15, 0.2) is 60.7 Å². The van der Waals surface area contributed by atoms with Gasteiger partial charge < -0.3 is 59.6 Å². The fraction of sp³-hybridized carbons (Fsp3) is 0.519. The summed E-state index contributed by atoms with van der Waals surface area (Å²) in [5.74, 6) is 0. The van der Waals surface area contributed by atoms with Crippen molar-refractivity contribution in [3.8, 4) is 0 Å². The Morgan fingerprint density at radius 2 is 1.27 bits per heavy atom. The molecule has 2 aliphatic heterocycles. The first-order valence-electron chi connectivity index (χ1n) is 12.9. The molecule has 1 amide bonds. The van der Waals surface area contributed by atoms with Gasteiger partial charge in [0.05, 0.1) is 19.8 Å². The van der Waals surface area contributed by atoms with Crippen LogP contribution in [0.2, 0.25) is 0 Å². The van der Waals surface area contributed by atoms with Gasteiger partial charge in [-0.05, 0) is 11.1 Å². The van der Waals surface area contributed by atoms with E-state index in [1.165, 1.54) is 0 Å². The number of aliphatic hydroxyl groups excluding tert-OH is 6. The van der Waals surface area contributed by atoms with Gasteiger partial charge in [-0.3, -0.25) is 0 Å². The Kier molecular flexibility index (Phi) is 10.8. The van der Waals surface area contributed by atoms with Crippen molar-refractivity contribution < 1.29 is 59.1 Å². The molecule has 2 aromatic carbocycles. The van der Waals surface area contributed by atoms with E-state index in [1.54, 1.807) is 36.4 Å². The first kappa shape index (κ1) is 30.3. The zero-order valence-corrected chi connectivity index (χ0v) is 21.5. The Labute approximate surface area is 230 Å². The highest BCUT2D eigenvalue weighted by atomic mass is 16.7. The van der Waals surface area contributed by atoms with Gasteiger partial charge in [-0.2, -0.15) is 0 Å². The van der Waals surface area contributed by atoms with E-state index in [4.69, 9.17) is 23.7 Å². The molecule has 0 bridgehead atoms. The minimum absolute atomic E-state index is 0.0315. The second-order valence-corrected chi connectivity index (χ2v) is 9.54. The molecule has 4 unspecified atom stereocenters. The van der Waals surface area contributed by atoms with Gasteiger partial charge in [0.2, 0.25) is 0 Å². The van der Waals surface area contributed by atoms with E-state index < -0.39 is 80.7 Å². The standard InChI is InChI=1S/C27H35NO12/c29-11-17-20(31)22(33)23(34)26(39-17)40-24-19(28-27(35)37-14-16-9-5-2-6-10-16)25(38-18(12-30)21(24)32)36-13-15-7-3-1-4-8-15/h1-10,17-26,29-34H,11-14H2,(H,28,35)/t17?,18?,19?,20-,21+,22-,23?,24+,25-,26-/m0/s1. The monoisotopic (exact) mass is 565 g/mol. The summed E-state index contributed by atoms with van der Waals surface area (Å²) < 4.78 is 28.3. The number of carbonyl (C=O) groups is 1. The van der Waals surface area contributed by atoms with E-state index in [9.17, 15) is 35.4 Å². The molecular formula is C27H35NO12. The van der Waals surface area contributed by atoms with E-state index in [0.717, 1.165) is 11.1 Å². The number of nitrogens with one attached hydrogen (secondary N) is 1. The number of hydrogen-bond donors (Lipinski definition) is 7. The predicted octanol–water partition coefficient (Wildman–Crippen LogP) is -1.24. The van der Waals surface area contributed by atoms with E-state index in [2.05, 4.69) is 5.32 Å². The van der Waals surface area contributed by atoms with Gasteiger partial charge in [-0.1, -0.05) is 60.7 Å². The van der Waals surface area contributed by atoms with Crippen molar-refractivity contribution in [2.75, 3.05) is 13.2 Å². The van der Waals surface area contributed by atoms with Crippen molar-refractivity contribution in [3.05, 3.63) is 71.8 Å². The van der Waals surface area contributed by atoms with Crippen molar-refractivity contribution >= 4 is 6.09 Å². The number of aliphatic hydroxyl groups is 6. The smallest absolute Gasteiger partial charge is 0.407 e. The number of alkyl carbamates (subject to hydrolysis) is 1. The van der Waals surface area contributed by atoms with Crippen LogP contribution in [0.25, 0.3) is 0 Å². The maximum Gasteiger partial charge on any atom is 0.407 e. The number of ether oxygens (including phenoxy) is 5. The van der Waals surface area contributed by atoms with Crippen molar-refractivity contribution in [2.24, 2.45) is 0 Å². The summed E-state index contributed by atoms with van der Waals surface area (Å²) in [6.07, 6.45) is -14.5. The molecule has 2 heterocycles. The average molecular weight is 566 g/mol. The van der Waals surface area contributed by atoms with E-state index >= 15 is 0 Å².